The molecule has 2 fully saturated rings. The Morgan fingerprint density at radius 3 is 2.56 bits per heavy atom. The number of fused-ring (bicyclic) bond motifs is 2. The van der Waals surface area contributed by atoms with E-state index in [-0.39, 0.29) is 6.04 Å². The van der Waals surface area contributed by atoms with Gasteiger partial charge in [-0.25, -0.2) is 9.97 Å². The van der Waals surface area contributed by atoms with Gasteiger partial charge in [0.1, 0.15) is 5.82 Å². The van der Waals surface area contributed by atoms with E-state index < -0.39 is 11.9 Å². The molecule has 2 heterocycles. The summed E-state index contributed by atoms with van der Waals surface area (Å²) in [6, 6.07) is 0.647. The lowest BCUT2D eigenvalue weighted by Gasteiger charge is -2.24. The van der Waals surface area contributed by atoms with Crippen LogP contribution in [0.15, 0.2) is 12.4 Å². The summed E-state index contributed by atoms with van der Waals surface area (Å²) in [6.07, 6.45) is -0.344. The van der Waals surface area contributed by atoms with E-state index in [0.29, 0.717) is 17.8 Å². The Bertz CT molecular complexity index is 431. The number of rotatable bonds is 2. The molecule has 0 spiro atoms. The fourth-order valence-corrected chi connectivity index (χ4v) is 2.75. The first-order chi connectivity index (χ1) is 8.52. The van der Waals surface area contributed by atoms with E-state index in [1.807, 2.05) is 0 Å². The zero-order valence-corrected chi connectivity index (χ0v) is 9.54. The summed E-state index contributed by atoms with van der Waals surface area (Å²) in [5.41, 5.74) is -0.959. The van der Waals surface area contributed by atoms with Gasteiger partial charge in [0.15, 0.2) is 5.69 Å². The molecule has 0 radical (unpaired) electrons. The zero-order chi connectivity index (χ0) is 12.8. The number of halogens is 3. The molecule has 1 aliphatic carbocycles. The van der Waals surface area contributed by atoms with Crippen LogP contribution in [-0.2, 0) is 6.18 Å². The number of hydrogen-bond acceptors (Lipinski definition) is 4. The highest BCUT2D eigenvalue weighted by atomic mass is 19.4. The van der Waals surface area contributed by atoms with Crippen molar-refractivity contribution < 1.29 is 13.2 Å². The van der Waals surface area contributed by atoms with Gasteiger partial charge < -0.3 is 10.6 Å². The number of nitrogens with one attached hydrogen (secondary N) is 2. The van der Waals surface area contributed by atoms with Gasteiger partial charge in [-0.05, 0) is 25.3 Å². The molecule has 0 amide bonds. The average molecular weight is 258 g/mol. The normalized spacial score (nSPS) is 30.7. The minimum absolute atomic E-state index is 0.245. The first-order valence-electron chi connectivity index (χ1n) is 5.91. The molecule has 3 atom stereocenters. The summed E-state index contributed by atoms with van der Waals surface area (Å²) in [7, 11) is 0. The van der Waals surface area contributed by atoms with Gasteiger partial charge in [-0.2, -0.15) is 13.2 Å². The molecule has 1 aromatic heterocycles. The highest BCUT2D eigenvalue weighted by molar-refractivity contribution is 5.34. The Morgan fingerprint density at radius 2 is 2.06 bits per heavy atom. The van der Waals surface area contributed by atoms with Crippen LogP contribution in [0.2, 0.25) is 0 Å². The van der Waals surface area contributed by atoms with E-state index in [1.54, 1.807) is 0 Å². The molecular formula is C11H13F3N4. The number of piperidine rings is 1. The quantitative estimate of drug-likeness (QED) is 0.847. The Hall–Kier alpha value is -1.37. The minimum atomic E-state index is -4.43. The van der Waals surface area contributed by atoms with Gasteiger partial charge in [0.25, 0.3) is 0 Å². The maximum atomic E-state index is 12.3. The monoisotopic (exact) mass is 258 g/mol. The van der Waals surface area contributed by atoms with Gasteiger partial charge in [0.2, 0.25) is 0 Å². The Morgan fingerprint density at radius 1 is 1.22 bits per heavy atom. The summed E-state index contributed by atoms with van der Waals surface area (Å²) in [4.78, 5) is 7.15. The molecule has 3 rings (SSSR count). The fourth-order valence-electron chi connectivity index (χ4n) is 2.75. The van der Waals surface area contributed by atoms with Crippen molar-refractivity contribution in [2.24, 2.45) is 5.92 Å². The van der Waals surface area contributed by atoms with Crippen molar-refractivity contribution in [3.63, 3.8) is 0 Å². The van der Waals surface area contributed by atoms with Crippen molar-refractivity contribution >= 4 is 5.82 Å². The Kier molecular flexibility index (Phi) is 2.65. The van der Waals surface area contributed by atoms with Crippen LogP contribution in [-0.4, -0.2) is 28.6 Å². The van der Waals surface area contributed by atoms with Gasteiger partial charge in [0.05, 0.1) is 12.4 Å². The zero-order valence-electron chi connectivity index (χ0n) is 9.54. The van der Waals surface area contributed by atoms with Gasteiger partial charge >= 0.3 is 6.18 Å². The van der Waals surface area contributed by atoms with E-state index >= 15 is 0 Å². The van der Waals surface area contributed by atoms with Crippen LogP contribution in [0.3, 0.4) is 0 Å². The lowest BCUT2D eigenvalue weighted by atomic mass is 10.1. The number of anilines is 1. The number of alkyl halides is 3. The van der Waals surface area contributed by atoms with E-state index in [0.717, 1.165) is 31.8 Å². The summed E-state index contributed by atoms with van der Waals surface area (Å²) in [5, 5.41) is 6.52. The maximum absolute atomic E-state index is 12.3. The largest absolute Gasteiger partial charge is 0.434 e. The second kappa shape index (κ2) is 4.08. The predicted octanol–water partition coefficient (Wildman–Crippen LogP) is 1.66. The molecule has 1 aliphatic heterocycles. The molecule has 2 N–H and O–H groups in total. The summed E-state index contributed by atoms with van der Waals surface area (Å²) < 4.78 is 36.9. The van der Waals surface area contributed by atoms with Crippen molar-refractivity contribution in [2.75, 3.05) is 11.9 Å². The maximum Gasteiger partial charge on any atom is 0.434 e. The standard InChI is InChI=1S/C11H13F3N4/c12-11(13,14)9-4-17-10(5-16-9)18-8-2-6-1-7(8)15-3-6/h4-8,15H,1-3H2,(H,17,18)/t6-,7-,8+/m0/s1. The molecule has 7 heteroatoms. The van der Waals surface area contributed by atoms with Gasteiger partial charge in [-0.15, -0.1) is 0 Å². The predicted molar refractivity (Wildman–Crippen MR) is 59.0 cm³/mol. The SMILES string of the molecule is FC(F)(F)c1cnc(N[C@@H]2C[C@H]3CN[C@H]2C3)cn1. The van der Waals surface area contributed by atoms with E-state index in [2.05, 4.69) is 20.6 Å². The number of aromatic nitrogens is 2. The van der Waals surface area contributed by atoms with Crippen LogP contribution in [0.1, 0.15) is 18.5 Å². The molecule has 0 unspecified atom stereocenters. The van der Waals surface area contributed by atoms with Crippen LogP contribution in [0.5, 0.6) is 0 Å². The molecule has 98 valence electrons. The van der Waals surface area contributed by atoms with Crippen LogP contribution < -0.4 is 10.6 Å². The molecular weight excluding hydrogens is 245 g/mol. The smallest absolute Gasteiger partial charge is 0.364 e. The highest BCUT2D eigenvalue weighted by Crippen LogP contribution is 2.33. The van der Waals surface area contributed by atoms with Crippen LogP contribution in [0, 0.1) is 5.92 Å². The van der Waals surface area contributed by atoms with E-state index in [4.69, 9.17) is 0 Å². The third kappa shape index (κ3) is 2.14. The second-order valence-electron chi connectivity index (χ2n) is 4.89. The van der Waals surface area contributed by atoms with Crippen LogP contribution in [0.25, 0.3) is 0 Å². The summed E-state index contributed by atoms with van der Waals surface area (Å²) in [6.45, 7) is 1.04. The average Bonchev–Trinajstić information content (AvgIpc) is 2.90. The Labute approximate surface area is 102 Å². The topological polar surface area (TPSA) is 49.8 Å². The van der Waals surface area contributed by atoms with Crippen molar-refractivity contribution in [1.29, 1.82) is 0 Å². The van der Waals surface area contributed by atoms with Gasteiger partial charge in [-0.1, -0.05) is 0 Å². The molecule has 18 heavy (non-hydrogen) atoms. The highest BCUT2D eigenvalue weighted by Gasteiger charge is 2.39. The van der Waals surface area contributed by atoms with Gasteiger partial charge in [-0.3, -0.25) is 0 Å². The first kappa shape index (κ1) is 11.7. The second-order valence-corrected chi connectivity index (χ2v) is 4.89. The molecule has 4 nitrogen and oxygen atoms in total. The number of nitrogens with zero attached hydrogens (tertiary/aromatic N) is 2. The third-order valence-corrected chi connectivity index (χ3v) is 3.60. The first-order valence-corrected chi connectivity index (χ1v) is 5.91. The minimum Gasteiger partial charge on any atom is -0.364 e. The van der Waals surface area contributed by atoms with Crippen molar-refractivity contribution in [3.8, 4) is 0 Å². The number of hydrogen-bond donors (Lipinski definition) is 2. The summed E-state index contributed by atoms with van der Waals surface area (Å²) in [5.74, 6) is 1.08. The lowest BCUT2D eigenvalue weighted by molar-refractivity contribution is -0.141. The molecule has 1 aromatic rings. The summed E-state index contributed by atoms with van der Waals surface area (Å²) >= 11 is 0. The van der Waals surface area contributed by atoms with Crippen LogP contribution in [0.4, 0.5) is 19.0 Å². The fraction of sp³-hybridized carbons (Fsp3) is 0.636. The van der Waals surface area contributed by atoms with Gasteiger partial charge in [0, 0.05) is 12.1 Å². The molecule has 0 aromatic carbocycles. The Balaban J connectivity index is 1.67. The molecule has 1 saturated carbocycles. The van der Waals surface area contributed by atoms with Crippen molar-refractivity contribution in [2.45, 2.75) is 31.1 Å². The third-order valence-electron chi connectivity index (χ3n) is 3.60. The molecule has 2 bridgehead atoms. The van der Waals surface area contributed by atoms with Crippen molar-refractivity contribution in [3.05, 3.63) is 18.1 Å². The van der Waals surface area contributed by atoms with Crippen LogP contribution >= 0.6 is 0 Å². The van der Waals surface area contributed by atoms with Crippen molar-refractivity contribution in [1.82, 2.24) is 15.3 Å². The molecule has 2 aliphatic rings. The molecule has 1 saturated heterocycles. The van der Waals surface area contributed by atoms with E-state index in [1.165, 1.54) is 0 Å². The lowest BCUT2D eigenvalue weighted by Crippen LogP contribution is -2.41. The van der Waals surface area contributed by atoms with E-state index in [9.17, 15) is 13.2 Å².